The summed E-state index contributed by atoms with van der Waals surface area (Å²) in [7, 11) is 0. The summed E-state index contributed by atoms with van der Waals surface area (Å²) < 4.78 is 0. The first-order valence-corrected chi connectivity index (χ1v) is 10.7. The smallest absolute Gasteiger partial charge is 0.263 e. The molecule has 7 heteroatoms. The van der Waals surface area contributed by atoms with E-state index >= 15 is 0 Å². The maximum atomic E-state index is 12.3. The third kappa shape index (κ3) is 5.51. The molecule has 6 nitrogen and oxygen atoms in total. The number of aromatic nitrogens is 1. The predicted molar refractivity (Wildman–Crippen MR) is 103 cm³/mol. The molecule has 3 rings (SSSR count). The van der Waals surface area contributed by atoms with E-state index in [1.807, 2.05) is 6.92 Å². The molecule has 1 aromatic heterocycles. The molecule has 0 bridgehead atoms. The molecule has 0 unspecified atom stereocenters. The van der Waals surface area contributed by atoms with Gasteiger partial charge in [0, 0.05) is 25.2 Å². The van der Waals surface area contributed by atoms with Crippen LogP contribution in [0.25, 0.3) is 0 Å². The fraction of sp³-hybridized carbons (Fsp3) is 0.737. The van der Waals surface area contributed by atoms with Gasteiger partial charge in [0.05, 0.1) is 17.7 Å². The number of rotatable bonds is 5. The van der Waals surface area contributed by atoms with Gasteiger partial charge >= 0.3 is 0 Å². The van der Waals surface area contributed by atoms with E-state index in [2.05, 4.69) is 20.5 Å². The monoisotopic (exact) mass is 378 g/mol. The fourth-order valence-corrected chi connectivity index (χ4v) is 4.61. The number of thiazole rings is 1. The molecule has 1 aliphatic heterocycles. The first-order valence-electron chi connectivity index (χ1n) is 9.84. The predicted octanol–water partition coefficient (Wildman–Crippen LogP) is 2.48. The lowest BCUT2D eigenvalue weighted by Gasteiger charge is -2.32. The van der Waals surface area contributed by atoms with Crippen LogP contribution < -0.4 is 10.6 Å². The maximum absolute atomic E-state index is 12.3. The Bertz CT molecular complexity index is 602. The molecule has 1 aromatic rings. The van der Waals surface area contributed by atoms with Crippen molar-refractivity contribution in [3.05, 3.63) is 16.1 Å². The molecule has 0 aromatic carbocycles. The Morgan fingerprint density at radius 1 is 1.08 bits per heavy atom. The zero-order valence-corrected chi connectivity index (χ0v) is 16.4. The highest BCUT2D eigenvalue weighted by molar-refractivity contribution is 7.11. The van der Waals surface area contributed by atoms with Crippen molar-refractivity contribution < 1.29 is 9.59 Å². The Hall–Kier alpha value is -1.47. The molecule has 1 saturated carbocycles. The molecule has 144 valence electrons. The molecule has 26 heavy (non-hydrogen) atoms. The van der Waals surface area contributed by atoms with Gasteiger partial charge in [0.2, 0.25) is 5.91 Å². The van der Waals surface area contributed by atoms with Gasteiger partial charge in [0.25, 0.3) is 5.91 Å². The minimum atomic E-state index is -0.0189. The maximum Gasteiger partial charge on any atom is 0.263 e. The molecular formula is C19H30N4O2S. The Kier molecular flexibility index (Phi) is 7.02. The van der Waals surface area contributed by atoms with Crippen molar-refractivity contribution in [3.8, 4) is 0 Å². The van der Waals surface area contributed by atoms with Gasteiger partial charge in [0.1, 0.15) is 4.88 Å². The summed E-state index contributed by atoms with van der Waals surface area (Å²) >= 11 is 1.39. The number of hydrogen-bond acceptors (Lipinski definition) is 5. The summed E-state index contributed by atoms with van der Waals surface area (Å²) in [6, 6.07) is 0.551. The van der Waals surface area contributed by atoms with E-state index < -0.39 is 0 Å². The van der Waals surface area contributed by atoms with Crippen LogP contribution in [0.15, 0.2) is 5.51 Å². The zero-order chi connectivity index (χ0) is 18.4. The second kappa shape index (κ2) is 9.46. The molecule has 1 aliphatic carbocycles. The SMILES string of the molecule is Cc1ncsc1C(=O)NC1CCN(CC(=O)NC2CCCCCC2)CC1. The van der Waals surface area contributed by atoms with Gasteiger partial charge < -0.3 is 10.6 Å². The minimum absolute atomic E-state index is 0.0189. The van der Waals surface area contributed by atoms with Gasteiger partial charge in [-0.2, -0.15) is 0 Å². The molecule has 2 fully saturated rings. The first kappa shape index (κ1) is 19.3. The Labute approximate surface area is 159 Å². The highest BCUT2D eigenvalue weighted by atomic mass is 32.1. The molecule has 0 radical (unpaired) electrons. The van der Waals surface area contributed by atoms with Crippen LogP contribution in [-0.4, -0.2) is 53.4 Å². The molecule has 0 spiro atoms. The van der Waals surface area contributed by atoms with Gasteiger partial charge in [-0.3, -0.25) is 14.5 Å². The van der Waals surface area contributed by atoms with E-state index in [-0.39, 0.29) is 17.9 Å². The van der Waals surface area contributed by atoms with Crippen LogP contribution in [0.1, 0.15) is 66.7 Å². The average Bonchev–Trinajstić information content (AvgIpc) is 2.89. The second-order valence-corrected chi connectivity index (χ2v) is 8.40. The van der Waals surface area contributed by atoms with Gasteiger partial charge in [-0.05, 0) is 32.6 Å². The highest BCUT2D eigenvalue weighted by Crippen LogP contribution is 2.18. The lowest BCUT2D eigenvalue weighted by Crippen LogP contribution is -2.48. The van der Waals surface area contributed by atoms with E-state index in [0.717, 1.165) is 44.5 Å². The number of nitrogens with one attached hydrogen (secondary N) is 2. The number of aryl methyl sites for hydroxylation is 1. The van der Waals surface area contributed by atoms with E-state index in [9.17, 15) is 9.59 Å². The Balaban J connectivity index is 1.37. The van der Waals surface area contributed by atoms with Gasteiger partial charge in [0.15, 0.2) is 0 Å². The summed E-state index contributed by atoms with van der Waals surface area (Å²) in [5, 5.41) is 6.33. The molecule has 2 N–H and O–H groups in total. The topological polar surface area (TPSA) is 74.3 Å². The number of nitrogens with zero attached hydrogens (tertiary/aromatic N) is 2. The molecule has 2 amide bonds. The van der Waals surface area contributed by atoms with Crippen LogP contribution in [-0.2, 0) is 4.79 Å². The van der Waals surface area contributed by atoms with Gasteiger partial charge in [-0.25, -0.2) is 4.98 Å². The van der Waals surface area contributed by atoms with Crippen molar-refractivity contribution in [2.75, 3.05) is 19.6 Å². The Morgan fingerprint density at radius 3 is 2.35 bits per heavy atom. The molecule has 1 saturated heterocycles. The summed E-state index contributed by atoms with van der Waals surface area (Å²) in [4.78, 5) is 31.6. The van der Waals surface area contributed by atoms with E-state index in [1.54, 1.807) is 5.51 Å². The molecule has 2 heterocycles. The van der Waals surface area contributed by atoms with E-state index in [0.29, 0.717) is 17.5 Å². The highest BCUT2D eigenvalue weighted by Gasteiger charge is 2.24. The first-order chi connectivity index (χ1) is 12.6. The Morgan fingerprint density at radius 2 is 1.73 bits per heavy atom. The molecule has 0 atom stereocenters. The van der Waals surface area contributed by atoms with Gasteiger partial charge in [-0.15, -0.1) is 11.3 Å². The van der Waals surface area contributed by atoms with Crippen LogP contribution in [0.4, 0.5) is 0 Å². The van der Waals surface area contributed by atoms with Crippen molar-refractivity contribution in [1.82, 2.24) is 20.5 Å². The number of carbonyl (C=O) groups is 2. The third-order valence-corrected chi connectivity index (χ3v) is 6.39. The normalized spacial score (nSPS) is 20.5. The molecule has 2 aliphatic rings. The van der Waals surface area contributed by atoms with Crippen molar-refractivity contribution in [2.45, 2.75) is 70.4 Å². The van der Waals surface area contributed by atoms with Crippen LogP contribution in [0.5, 0.6) is 0 Å². The van der Waals surface area contributed by atoms with Crippen molar-refractivity contribution in [2.24, 2.45) is 0 Å². The summed E-state index contributed by atoms with van der Waals surface area (Å²) in [5.41, 5.74) is 2.50. The lowest BCUT2D eigenvalue weighted by molar-refractivity contribution is -0.123. The lowest BCUT2D eigenvalue weighted by atomic mass is 10.0. The van der Waals surface area contributed by atoms with Crippen molar-refractivity contribution in [1.29, 1.82) is 0 Å². The fourth-order valence-electron chi connectivity index (χ4n) is 3.91. The van der Waals surface area contributed by atoms with Crippen LogP contribution in [0.2, 0.25) is 0 Å². The van der Waals surface area contributed by atoms with E-state index in [4.69, 9.17) is 0 Å². The number of piperidine rings is 1. The van der Waals surface area contributed by atoms with E-state index in [1.165, 1.54) is 37.0 Å². The number of hydrogen-bond donors (Lipinski definition) is 2. The van der Waals surface area contributed by atoms with Crippen LogP contribution >= 0.6 is 11.3 Å². The second-order valence-electron chi connectivity index (χ2n) is 7.55. The number of amides is 2. The molecular weight excluding hydrogens is 348 g/mol. The van der Waals surface area contributed by atoms with Crippen molar-refractivity contribution >= 4 is 23.2 Å². The summed E-state index contributed by atoms with van der Waals surface area (Å²) in [6.07, 6.45) is 9.08. The minimum Gasteiger partial charge on any atom is -0.352 e. The zero-order valence-electron chi connectivity index (χ0n) is 15.6. The summed E-state index contributed by atoms with van der Waals surface area (Å²) in [5.74, 6) is 0.134. The van der Waals surface area contributed by atoms with Crippen LogP contribution in [0.3, 0.4) is 0 Å². The number of carbonyl (C=O) groups excluding carboxylic acids is 2. The summed E-state index contributed by atoms with van der Waals surface area (Å²) in [6.45, 7) is 4.04. The van der Waals surface area contributed by atoms with Gasteiger partial charge in [-0.1, -0.05) is 25.7 Å². The quantitative estimate of drug-likeness (QED) is 0.772. The standard InChI is InChI=1S/C19H30N4O2S/c1-14-18(26-13-20-14)19(25)22-16-8-10-23(11-9-16)12-17(24)21-15-6-4-2-3-5-7-15/h13,15-16H,2-12H2,1H3,(H,21,24)(H,22,25). The van der Waals surface area contributed by atoms with Crippen LogP contribution in [0, 0.1) is 6.92 Å². The number of likely N-dealkylation sites (tertiary alicyclic amines) is 1. The average molecular weight is 379 g/mol. The largest absolute Gasteiger partial charge is 0.352 e. The third-order valence-electron chi connectivity index (χ3n) is 5.46. The van der Waals surface area contributed by atoms with Crippen molar-refractivity contribution in [3.63, 3.8) is 0 Å².